The number of hydrogen-bond acceptors (Lipinski definition) is 7. The van der Waals surface area contributed by atoms with Crippen molar-refractivity contribution in [3.63, 3.8) is 0 Å². The molecule has 0 aliphatic rings. The quantitative estimate of drug-likeness (QED) is 0.562. The molecule has 0 unspecified atom stereocenters. The molecule has 0 aliphatic heterocycles. The minimum atomic E-state index is 2.00. The maximum absolute atomic E-state index is 8.00. The van der Waals surface area contributed by atoms with Crippen molar-refractivity contribution in [2.24, 2.45) is 0 Å². The second-order valence-electron chi connectivity index (χ2n) is 0. The van der Waals surface area contributed by atoms with Crippen LogP contribution in [0.25, 0.3) is 0 Å². The molecule has 0 rings (SSSR count). The molecular formula is Fe3O7. The Hall–Kier alpha value is 0.158. The van der Waals surface area contributed by atoms with Gasteiger partial charge in [-0.3, -0.25) is 0 Å². The van der Waals surface area contributed by atoms with Crippen LogP contribution in [-0.2, 0) is 59.3 Å². The van der Waals surface area contributed by atoms with Crippen LogP contribution >= 0.6 is 0 Å². The topological polar surface area (TPSA) is 119 Å². The van der Waals surface area contributed by atoms with Crippen LogP contribution in [-0.4, -0.2) is 0 Å². The maximum atomic E-state index is 8.00. The summed E-state index contributed by atoms with van der Waals surface area (Å²) in [6.07, 6.45) is 0. The summed E-state index contributed by atoms with van der Waals surface area (Å²) in [5.74, 6) is 0. The zero-order valence-corrected chi connectivity index (χ0v) is 7.23. The molecular weight excluding hydrogens is 280 g/mol. The summed E-state index contributed by atoms with van der Waals surface area (Å²) in [7, 11) is 0. The molecule has 0 saturated carbocycles. The average molecular weight is 280 g/mol. The Morgan fingerprint density at radius 2 is 0.400 bits per heavy atom. The molecule has 0 heterocycles. The molecule has 0 aromatic heterocycles. The fourth-order valence-electron chi connectivity index (χ4n) is 0. The molecule has 0 aliphatic carbocycles. The summed E-state index contributed by atoms with van der Waals surface area (Å²) >= 11 is 6.00. The van der Waals surface area contributed by atoms with Gasteiger partial charge in [0.05, 0.1) is 0 Å². The molecule has 0 aromatic rings. The van der Waals surface area contributed by atoms with Gasteiger partial charge in [-0.25, -0.2) is 0 Å². The predicted molar refractivity (Wildman–Crippen MR) is 15.5 cm³/mol. The predicted octanol–water partition coefficient (Wildman–Crippen LogP) is -0.230. The first-order valence-corrected chi connectivity index (χ1v) is 2.12. The third kappa shape index (κ3) is 16700. The van der Waals surface area contributed by atoms with Gasteiger partial charge >= 0.3 is 59.3 Å². The fraction of sp³-hybridized carbons (Fsp3) is 0. The van der Waals surface area contributed by atoms with Crippen LogP contribution in [0.15, 0.2) is 0 Å². The summed E-state index contributed by atoms with van der Waals surface area (Å²) < 4.78 is 24.0. The van der Waals surface area contributed by atoms with Gasteiger partial charge in [-0.1, -0.05) is 0 Å². The molecule has 0 bridgehead atoms. The van der Waals surface area contributed by atoms with Crippen molar-refractivity contribution in [2.75, 3.05) is 0 Å². The van der Waals surface area contributed by atoms with Gasteiger partial charge in [0, 0.05) is 19.9 Å². The summed E-state index contributed by atoms with van der Waals surface area (Å²) in [6, 6.07) is 0. The Morgan fingerprint density at radius 1 is 0.400 bits per heavy atom. The van der Waals surface area contributed by atoms with Crippen LogP contribution in [0.4, 0.5) is 0 Å². The molecule has 0 aromatic carbocycles. The van der Waals surface area contributed by atoms with E-state index in [2.05, 4.69) is 0 Å². The summed E-state index contributed by atoms with van der Waals surface area (Å²) in [5, 5.41) is 0. The van der Waals surface area contributed by atoms with Crippen molar-refractivity contribution in [2.45, 2.75) is 0 Å². The van der Waals surface area contributed by atoms with Crippen molar-refractivity contribution in [1.82, 2.24) is 0 Å². The van der Waals surface area contributed by atoms with E-state index in [0.29, 0.717) is 0 Å². The van der Waals surface area contributed by atoms with Gasteiger partial charge in [-0.15, -0.1) is 0 Å². The summed E-state index contributed by atoms with van der Waals surface area (Å²) in [6.45, 7) is 0. The second-order valence-corrected chi connectivity index (χ2v) is 0. The zero-order chi connectivity index (χ0) is 10.0. The van der Waals surface area contributed by atoms with Gasteiger partial charge in [-0.05, 0) is 0 Å². The molecule has 10 heavy (non-hydrogen) atoms. The average Bonchev–Trinajstić information content (AvgIpc) is 2.20. The third-order valence-corrected chi connectivity index (χ3v) is 0. The Kier molecular flexibility index (Phi) is 77800. The van der Waals surface area contributed by atoms with Crippen molar-refractivity contribution in [3.8, 4) is 0 Å². The molecule has 7 nitrogen and oxygen atoms in total. The first kappa shape index (κ1) is 32.0. The van der Waals surface area contributed by atoms with Crippen molar-refractivity contribution >= 4 is 0 Å². The molecule has 0 spiro atoms. The molecule has 66 valence electrons. The molecule has 0 atom stereocenters. The molecule has 0 fully saturated rings. The van der Waals surface area contributed by atoms with Gasteiger partial charge in [0.1, 0.15) is 0 Å². The van der Waals surface area contributed by atoms with Crippen molar-refractivity contribution in [3.05, 3.63) is 19.9 Å². The van der Waals surface area contributed by atoms with Gasteiger partial charge in [0.25, 0.3) is 0 Å². The molecule has 10 heteroatoms. The monoisotopic (exact) mass is 280 g/mol. The minimum absolute atomic E-state index is 2.00. The molecule has 0 amide bonds. The van der Waals surface area contributed by atoms with Crippen LogP contribution < -0.4 is 0 Å². The zero-order valence-electron chi connectivity index (χ0n) is 3.92. The van der Waals surface area contributed by atoms with Gasteiger partial charge in [0.15, 0.2) is 0 Å². The third-order valence-electron chi connectivity index (χ3n) is 0. The van der Waals surface area contributed by atoms with Crippen LogP contribution in [0.3, 0.4) is 0 Å². The SMILES string of the molecule is O=O.O=O.[O]=[Fe].[O]=[Fe].[O]=[Fe]. The first-order valence-electron chi connectivity index (χ1n) is 0.766. The van der Waals surface area contributed by atoms with Gasteiger partial charge < -0.3 is 0 Å². The van der Waals surface area contributed by atoms with E-state index in [1.807, 2.05) is 47.8 Å². The second kappa shape index (κ2) is 24300. The van der Waals surface area contributed by atoms with E-state index in [0.717, 1.165) is 0 Å². The van der Waals surface area contributed by atoms with E-state index in [1.54, 1.807) is 0 Å². The first-order chi connectivity index (χ1) is 5.00. The standard InChI is InChI=1S/3Fe.2O2.3O/c;;;2*1-2;;;. The van der Waals surface area contributed by atoms with Gasteiger partial charge in [-0.2, -0.15) is 0 Å². The normalized spacial score (nSPS) is 2.30. The Labute approximate surface area is 79.2 Å². The van der Waals surface area contributed by atoms with Gasteiger partial charge in [0.2, 0.25) is 0 Å². The summed E-state index contributed by atoms with van der Waals surface area (Å²) in [4.78, 5) is 28.0. The Bertz CT molecular complexity index is 20.4. The van der Waals surface area contributed by atoms with E-state index in [9.17, 15) is 0 Å². The van der Waals surface area contributed by atoms with Crippen molar-refractivity contribution in [1.29, 1.82) is 0 Å². The van der Waals surface area contributed by atoms with Crippen molar-refractivity contribution < 1.29 is 59.3 Å². The van der Waals surface area contributed by atoms with E-state index < -0.39 is 0 Å². The number of hydrogen-bond donors (Lipinski definition) is 0. The summed E-state index contributed by atoms with van der Waals surface area (Å²) in [5.41, 5.74) is 0. The van der Waals surface area contributed by atoms with E-state index in [1.165, 1.54) is 0 Å². The van der Waals surface area contributed by atoms with E-state index >= 15 is 0 Å². The molecule has 0 N–H and O–H groups in total. The van der Waals surface area contributed by atoms with Crippen LogP contribution in [0.5, 0.6) is 0 Å². The Balaban J connectivity index is -0.0000000104. The molecule has 0 radical (unpaired) electrons. The van der Waals surface area contributed by atoms with Crippen LogP contribution in [0.2, 0.25) is 0 Å². The van der Waals surface area contributed by atoms with Crippen LogP contribution in [0.1, 0.15) is 0 Å². The van der Waals surface area contributed by atoms with Crippen LogP contribution in [0, 0.1) is 19.9 Å². The van der Waals surface area contributed by atoms with E-state index in [-0.39, 0.29) is 0 Å². The fourth-order valence-corrected chi connectivity index (χ4v) is 0. The van der Waals surface area contributed by atoms with E-state index in [4.69, 9.17) is 31.4 Å². The Morgan fingerprint density at radius 3 is 0.400 bits per heavy atom. The molecule has 0 saturated heterocycles. The number of rotatable bonds is 0.